The molecule has 1 aromatic rings. The number of hydrogen-bond acceptors (Lipinski definition) is 4. The van der Waals surface area contributed by atoms with Crippen molar-refractivity contribution in [3.05, 3.63) is 24.3 Å². The molecular weight excluding hydrogens is 238 g/mol. The molecule has 0 bridgehead atoms. The first-order chi connectivity index (χ1) is 8.56. The van der Waals surface area contributed by atoms with Crippen molar-refractivity contribution in [2.45, 2.75) is 18.9 Å². The summed E-state index contributed by atoms with van der Waals surface area (Å²) in [7, 11) is 0. The maximum Gasteiger partial charge on any atom is 0.414 e. The Morgan fingerprint density at radius 3 is 2.67 bits per heavy atom. The first-order valence-electron chi connectivity index (χ1n) is 5.55. The van der Waals surface area contributed by atoms with Crippen molar-refractivity contribution >= 4 is 17.7 Å². The summed E-state index contributed by atoms with van der Waals surface area (Å²) in [6.45, 7) is 0.330. The topological polar surface area (TPSA) is 87.1 Å². The van der Waals surface area contributed by atoms with Crippen molar-refractivity contribution in [2.75, 3.05) is 11.4 Å². The molecule has 0 radical (unpaired) electrons. The van der Waals surface area contributed by atoms with Crippen LogP contribution in [-0.4, -0.2) is 34.9 Å². The number of anilines is 1. The fourth-order valence-corrected chi connectivity index (χ4v) is 1.80. The average molecular weight is 251 g/mol. The second-order valence-electron chi connectivity index (χ2n) is 4.07. The van der Waals surface area contributed by atoms with Gasteiger partial charge in [-0.25, -0.2) is 4.79 Å². The van der Waals surface area contributed by atoms with E-state index in [2.05, 4.69) is 0 Å². The zero-order valence-electron chi connectivity index (χ0n) is 9.57. The lowest BCUT2D eigenvalue weighted by atomic mass is 10.2. The van der Waals surface area contributed by atoms with Gasteiger partial charge in [0.2, 0.25) is 0 Å². The Balaban J connectivity index is 2.00. The van der Waals surface area contributed by atoms with Crippen LogP contribution in [0.25, 0.3) is 0 Å². The summed E-state index contributed by atoms with van der Waals surface area (Å²) >= 11 is 0. The average Bonchev–Trinajstić information content (AvgIpc) is 2.69. The highest BCUT2D eigenvalue weighted by molar-refractivity contribution is 5.89. The zero-order valence-corrected chi connectivity index (χ0v) is 9.57. The van der Waals surface area contributed by atoms with Gasteiger partial charge in [-0.1, -0.05) is 0 Å². The summed E-state index contributed by atoms with van der Waals surface area (Å²) < 4.78 is 5.07. The van der Waals surface area contributed by atoms with Gasteiger partial charge >= 0.3 is 12.1 Å². The molecule has 1 aromatic carbocycles. The highest BCUT2D eigenvalue weighted by atomic mass is 16.6. The number of aliphatic carboxylic acids is 1. The number of carboxylic acids is 1. The summed E-state index contributed by atoms with van der Waals surface area (Å²) in [5.41, 5.74) is 0.621. The molecule has 1 amide bonds. The lowest BCUT2D eigenvalue weighted by Gasteiger charge is -2.12. The number of ether oxygens (including phenoxy) is 1. The molecule has 1 aliphatic heterocycles. The van der Waals surface area contributed by atoms with Gasteiger partial charge in [-0.3, -0.25) is 9.69 Å². The van der Waals surface area contributed by atoms with E-state index in [0.717, 1.165) is 0 Å². The summed E-state index contributed by atoms with van der Waals surface area (Å²) in [5, 5.41) is 17.7. The Hall–Kier alpha value is -2.24. The third-order valence-corrected chi connectivity index (χ3v) is 2.72. The molecule has 2 rings (SSSR count). The third-order valence-electron chi connectivity index (χ3n) is 2.72. The van der Waals surface area contributed by atoms with Gasteiger partial charge in [-0.15, -0.1) is 0 Å². The Morgan fingerprint density at radius 1 is 1.39 bits per heavy atom. The van der Waals surface area contributed by atoms with Crippen LogP contribution in [-0.2, 0) is 9.53 Å². The molecule has 1 aliphatic rings. The lowest BCUT2D eigenvalue weighted by Crippen LogP contribution is -2.24. The molecular formula is C12H13NO5. The van der Waals surface area contributed by atoms with E-state index in [4.69, 9.17) is 14.9 Å². The van der Waals surface area contributed by atoms with Crippen molar-refractivity contribution < 1.29 is 24.5 Å². The van der Waals surface area contributed by atoms with Gasteiger partial charge in [-0.2, -0.15) is 0 Å². The number of aromatic hydroxyl groups is 1. The highest BCUT2D eigenvalue weighted by Gasteiger charge is 2.32. The van der Waals surface area contributed by atoms with Crippen molar-refractivity contribution in [3.63, 3.8) is 0 Å². The number of carbonyl (C=O) groups excluding carboxylic acids is 1. The number of amides is 1. The van der Waals surface area contributed by atoms with E-state index >= 15 is 0 Å². The van der Waals surface area contributed by atoms with E-state index in [0.29, 0.717) is 18.7 Å². The Kier molecular flexibility index (Phi) is 3.36. The normalized spacial score (nSPS) is 18.8. The van der Waals surface area contributed by atoms with E-state index in [1.165, 1.54) is 17.0 Å². The van der Waals surface area contributed by atoms with Gasteiger partial charge in [0, 0.05) is 12.1 Å². The number of cyclic esters (lactones) is 1. The monoisotopic (exact) mass is 251 g/mol. The van der Waals surface area contributed by atoms with Crippen LogP contribution in [0.4, 0.5) is 10.5 Å². The summed E-state index contributed by atoms with van der Waals surface area (Å²) in [6.07, 6.45) is -0.615. The summed E-state index contributed by atoms with van der Waals surface area (Å²) in [6, 6.07) is 6.17. The molecule has 2 N–H and O–H groups in total. The van der Waals surface area contributed by atoms with E-state index in [-0.39, 0.29) is 12.2 Å². The van der Waals surface area contributed by atoms with Crippen molar-refractivity contribution in [3.8, 4) is 5.75 Å². The number of carbonyl (C=O) groups is 2. The smallest absolute Gasteiger partial charge is 0.414 e. The maximum absolute atomic E-state index is 11.6. The minimum absolute atomic E-state index is 0.0264. The molecule has 1 atom stereocenters. The first kappa shape index (κ1) is 12.2. The van der Waals surface area contributed by atoms with Crippen molar-refractivity contribution in [1.82, 2.24) is 0 Å². The third kappa shape index (κ3) is 2.71. The van der Waals surface area contributed by atoms with Crippen LogP contribution >= 0.6 is 0 Å². The van der Waals surface area contributed by atoms with Gasteiger partial charge in [0.05, 0.1) is 6.54 Å². The zero-order chi connectivity index (χ0) is 13.1. The SMILES string of the molecule is O=C(O)CCC1CN(c2ccc(O)cc2)C(=O)O1. The van der Waals surface area contributed by atoms with E-state index in [9.17, 15) is 9.59 Å². The number of hydrogen-bond donors (Lipinski definition) is 2. The van der Waals surface area contributed by atoms with Gasteiger partial charge < -0.3 is 14.9 Å². The predicted octanol–water partition coefficient (Wildman–Crippen LogP) is 1.58. The van der Waals surface area contributed by atoms with Crippen LogP contribution < -0.4 is 4.90 Å². The number of carboxylic acid groups (broad SMARTS) is 1. The second-order valence-corrected chi connectivity index (χ2v) is 4.07. The minimum atomic E-state index is -0.908. The van der Waals surface area contributed by atoms with Crippen LogP contribution in [0.3, 0.4) is 0 Å². The van der Waals surface area contributed by atoms with Gasteiger partial charge in [0.1, 0.15) is 11.9 Å². The molecule has 1 unspecified atom stereocenters. The maximum atomic E-state index is 11.6. The highest BCUT2D eigenvalue weighted by Crippen LogP contribution is 2.25. The van der Waals surface area contributed by atoms with Crippen LogP contribution in [0.5, 0.6) is 5.75 Å². The second kappa shape index (κ2) is 4.95. The first-order valence-corrected chi connectivity index (χ1v) is 5.55. The largest absolute Gasteiger partial charge is 0.508 e. The minimum Gasteiger partial charge on any atom is -0.508 e. The Labute approximate surface area is 103 Å². The molecule has 1 heterocycles. The molecule has 6 heteroatoms. The molecule has 96 valence electrons. The quantitative estimate of drug-likeness (QED) is 0.848. The predicted molar refractivity (Wildman–Crippen MR) is 62.6 cm³/mol. The molecule has 0 spiro atoms. The molecule has 1 saturated heterocycles. The molecule has 0 aliphatic carbocycles. The van der Waals surface area contributed by atoms with Gasteiger partial charge in [0.25, 0.3) is 0 Å². The van der Waals surface area contributed by atoms with Crippen molar-refractivity contribution in [1.29, 1.82) is 0 Å². The standard InChI is InChI=1S/C12H13NO5/c14-9-3-1-8(2-4-9)13-7-10(18-12(13)17)5-6-11(15)16/h1-4,10,14H,5-7H2,(H,15,16). The number of nitrogens with zero attached hydrogens (tertiary/aromatic N) is 1. The van der Waals surface area contributed by atoms with Crippen LogP contribution in [0, 0.1) is 0 Å². The molecule has 1 fully saturated rings. The number of phenolic OH excluding ortho intramolecular Hbond substituents is 1. The van der Waals surface area contributed by atoms with E-state index in [1.54, 1.807) is 12.1 Å². The fraction of sp³-hybridized carbons (Fsp3) is 0.333. The van der Waals surface area contributed by atoms with Crippen LogP contribution in [0.2, 0.25) is 0 Å². The van der Waals surface area contributed by atoms with E-state index < -0.39 is 18.2 Å². The van der Waals surface area contributed by atoms with Crippen LogP contribution in [0.1, 0.15) is 12.8 Å². The van der Waals surface area contributed by atoms with Crippen LogP contribution in [0.15, 0.2) is 24.3 Å². The molecule has 18 heavy (non-hydrogen) atoms. The summed E-state index contributed by atoms with van der Waals surface area (Å²) in [5.74, 6) is -0.789. The van der Waals surface area contributed by atoms with Gasteiger partial charge in [-0.05, 0) is 30.7 Å². The number of benzene rings is 1. The molecule has 6 nitrogen and oxygen atoms in total. The fourth-order valence-electron chi connectivity index (χ4n) is 1.80. The number of phenols is 1. The molecule has 0 aromatic heterocycles. The molecule has 0 saturated carbocycles. The van der Waals surface area contributed by atoms with Gasteiger partial charge in [0.15, 0.2) is 0 Å². The number of rotatable bonds is 4. The lowest BCUT2D eigenvalue weighted by molar-refractivity contribution is -0.137. The summed E-state index contributed by atoms with van der Waals surface area (Å²) in [4.78, 5) is 23.5. The van der Waals surface area contributed by atoms with E-state index in [1.807, 2.05) is 0 Å². The van der Waals surface area contributed by atoms with Crippen molar-refractivity contribution in [2.24, 2.45) is 0 Å². The Bertz CT molecular complexity index is 456. The Morgan fingerprint density at radius 2 is 2.06 bits per heavy atom.